The molecule has 33 heavy (non-hydrogen) atoms. The lowest BCUT2D eigenvalue weighted by molar-refractivity contribution is 0.111. The molecule has 0 spiro atoms. The monoisotopic (exact) mass is 445 g/mol. The first kappa shape index (κ1) is 21.4. The molecule has 0 aliphatic heterocycles. The molecule has 2 heterocycles. The highest BCUT2D eigenvalue weighted by Crippen LogP contribution is 2.44. The normalized spacial score (nSPS) is 21.6. The fraction of sp³-hybridized carbons (Fsp3) is 0.440. The predicted molar refractivity (Wildman–Crippen MR) is 128 cm³/mol. The van der Waals surface area contributed by atoms with E-state index in [-0.39, 0.29) is 11.6 Å². The molecule has 8 heteroatoms. The van der Waals surface area contributed by atoms with Crippen LogP contribution in [-0.4, -0.2) is 31.3 Å². The number of hydrogen-bond acceptors (Lipinski definition) is 5. The van der Waals surface area contributed by atoms with Gasteiger partial charge in [-0.15, -0.1) is 0 Å². The summed E-state index contributed by atoms with van der Waals surface area (Å²) in [5.74, 6) is 1.41. The number of benzene rings is 1. The fourth-order valence-corrected chi connectivity index (χ4v) is 5.15. The van der Waals surface area contributed by atoms with Crippen molar-refractivity contribution in [3.63, 3.8) is 0 Å². The average Bonchev–Trinajstić information content (AvgIpc) is 3.23. The lowest BCUT2D eigenvalue weighted by atomic mass is 9.66. The second-order valence-corrected chi connectivity index (χ2v) is 9.50. The van der Waals surface area contributed by atoms with Gasteiger partial charge in [0.2, 0.25) is 5.95 Å². The van der Waals surface area contributed by atoms with Gasteiger partial charge in [-0.1, -0.05) is 12.1 Å². The number of fused-ring (bicyclic) bond motifs is 3. The number of urea groups is 1. The quantitative estimate of drug-likeness (QED) is 0.521. The maximum atomic E-state index is 12.6. The minimum Gasteiger partial charge on any atom is -0.334 e. The third-order valence-electron chi connectivity index (χ3n) is 7.17. The van der Waals surface area contributed by atoms with Crippen LogP contribution in [0.3, 0.4) is 0 Å². The Morgan fingerprint density at radius 1 is 1.18 bits per heavy atom. The van der Waals surface area contributed by atoms with Gasteiger partial charge in [-0.2, -0.15) is 5.10 Å². The van der Waals surface area contributed by atoms with Crippen LogP contribution in [-0.2, 0) is 13.6 Å². The number of rotatable bonds is 6. The zero-order valence-corrected chi connectivity index (χ0v) is 19.3. The molecule has 2 amide bonds. The number of nitrogens with one attached hydrogen (secondary N) is 3. The summed E-state index contributed by atoms with van der Waals surface area (Å²) >= 11 is 0. The van der Waals surface area contributed by atoms with E-state index >= 15 is 0 Å². The second-order valence-electron chi connectivity index (χ2n) is 9.50. The minimum atomic E-state index is -0.0549. The van der Waals surface area contributed by atoms with Crippen LogP contribution in [0.4, 0.5) is 16.4 Å². The third kappa shape index (κ3) is 4.84. The van der Waals surface area contributed by atoms with Crippen molar-refractivity contribution >= 4 is 17.7 Å². The van der Waals surface area contributed by atoms with Crippen LogP contribution in [0.2, 0.25) is 0 Å². The van der Waals surface area contributed by atoms with E-state index in [1.54, 1.807) is 17.1 Å². The molecule has 0 saturated heterocycles. The summed E-state index contributed by atoms with van der Waals surface area (Å²) in [6.07, 6.45) is 12.5. The van der Waals surface area contributed by atoms with Crippen LogP contribution in [0.25, 0.3) is 11.3 Å². The topological polar surface area (TPSA) is 96.8 Å². The van der Waals surface area contributed by atoms with Gasteiger partial charge in [-0.25, -0.2) is 14.8 Å². The number of hydrogen-bond donors (Lipinski definition) is 3. The first-order valence-electron chi connectivity index (χ1n) is 11.7. The predicted octanol–water partition coefficient (Wildman–Crippen LogP) is 4.45. The lowest BCUT2D eigenvalue weighted by Gasteiger charge is -2.46. The van der Waals surface area contributed by atoms with Gasteiger partial charge in [0.05, 0.1) is 17.6 Å². The summed E-state index contributed by atoms with van der Waals surface area (Å²) in [7, 11) is 1.87. The molecule has 3 N–H and O–H groups in total. The number of carbonyl (C=O) groups excluding carboxylic acids is 1. The Labute approximate surface area is 194 Å². The fourth-order valence-electron chi connectivity index (χ4n) is 5.15. The molecule has 2 bridgehead atoms. The number of anilines is 2. The van der Waals surface area contributed by atoms with E-state index in [1.807, 2.05) is 25.4 Å². The molecule has 3 fully saturated rings. The van der Waals surface area contributed by atoms with Crippen molar-refractivity contribution in [2.24, 2.45) is 13.0 Å². The van der Waals surface area contributed by atoms with Gasteiger partial charge in [0.25, 0.3) is 0 Å². The Morgan fingerprint density at radius 3 is 2.67 bits per heavy atom. The summed E-state index contributed by atoms with van der Waals surface area (Å²) in [6.45, 7) is 2.57. The molecular weight excluding hydrogens is 414 g/mol. The minimum absolute atomic E-state index is 0.0201. The summed E-state index contributed by atoms with van der Waals surface area (Å²) in [6, 6.07) is 8.05. The third-order valence-corrected chi connectivity index (χ3v) is 7.17. The molecule has 3 aliphatic carbocycles. The largest absolute Gasteiger partial charge is 0.334 e. The molecular formula is C25H31N7O. The maximum absolute atomic E-state index is 12.6. The van der Waals surface area contributed by atoms with Gasteiger partial charge in [0.1, 0.15) is 0 Å². The Balaban J connectivity index is 1.21. The smallest absolute Gasteiger partial charge is 0.315 e. The van der Waals surface area contributed by atoms with Gasteiger partial charge < -0.3 is 16.0 Å². The van der Waals surface area contributed by atoms with E-state index in [2.05, 4.69) is 50.1 Å². The van der Waals surface area contributed by atoms with Crippen LogP contribution >= 0.6 is 0 Å². The van der Waals surface area contributed by atoms with E-state index in [0.29, 0.717) is 12.5 Å². The molecule has 3 saturated carbocycles. The highest BCUT2D eigenvalue weighted by molar-refractivity contribution is 5.75. The zero-order valence-electron chi connectivity index (χ0n) is 19.3. The number of amides is 2. The van der Waals surface area contributed by atoms with Crippen molar-refractivity contribution < 1.29 is 4.79 Å². The molecule has 8 nitrogen and oxygen atoms in total. The summed E-state index contributed by atoms with van der Waals surface area (Å²) in [5.41, 5.74) is 4.92. The Hall–Kier alpha value is -3.42. The van der Waals surface area contributed by atoms with E-state index < -0.39 is 0 Å². The molecule has 6 rings (SSSR count). The number of carbonyl (C=O) groups is 1. The molecule has 3 aliphatic rings. The Morgan fingerprint density at radius 2 is 1.97 bits per heavy atom. The molecule has 172 valence electrons. The van der Waals surface area contributed by atoms with Crippen molar-refractivity contribution in [1.82, 2.24) is 30.4 Å². The van der Waals surface area contributed by atoms with Crippen molar-refractivity contribution in [2.45, 2.75) is 57.5 Å². The van der Waals surface area contributed by atoms with Crippen LogP contribution in [0, 0.1) is 12.8 Å². The van der Waals surface area contributed by atoms with E-state index in [1.165, 1.54) is 19.3 Å². The second kappa shape index (κ2) is 8.84. The van der Waals surface area contributed by atoms with Crippen LogP contribution in [0.5, 0.6) is 0 Å². The number of aromatic nitrogens is 4. The molecule has 0 atom stereocenters. The molecule has 0 unspecified atom stereocenters. The van der Waals surface area contributed by atoms with E-state index in [0.717, 1.165) is 53.3 Å². The zero-order chi connectivity index (χ0) is 22.8. The highest BCUT2D eigenvalue weighted by Gasteiger charge is 2.41. The van der Waals surface area contributed by atoms with Crippen molar-refractivity contribution in [2.75, 3.05) is 5.32 Å². The van der Waals surface area contributed by atoms with Crippen molar-refractivity contribution in [3.05, 3.63) is 54.0 Å². The lowest BCUT2D eigenvalue weighted by Crippen LogP contribution is -2.56. The van der Waals surface area contributed by atoms with E-state index in [9.17, 15) is 4.79 Å². The number of nitrogens with zero attached hydrogens (tertiary/aromatic N) is 4. The van der Waals surface area contributed by atoms with Gasteiger partial charge >= 0.3 is 6.03 Å². The summed E-state index contributed by atoms with van der Waals surface area (Å²) in [5, 5.41) is 13.7. The SMILES string of the molecule is Cc1cc(-c2ccnc(Nc3cnn(C)c3)n2)ccc1CNC(=O)NC12CCC(CC1)CC2. The van der Waals surface area contributed by atoms with E-state index in [4.69, 9.17) is 0 Å². The maximum Gasteiger partial charge on any atom is 0.315 e. The van der Waals surface area contributed by atoms with Crippen LogP contribution in [0.1, 0.15) is 49.7 Å². The van der Waals surface area contributed by atoms with Gasteiger partial charge in [-0.3, -0.25) is 4.68 Å². The number of aryl methyl sites for hydroxylation is 2. The molecule has 3 aromatic rings. The Bertz CT molecular complexity index is 1130. The first-order chi connectivity index (χ1) is 16.0. The van der Waals surface area contributed by atoms with Crippen LogP contribution in [0.15, 0.2) is 42.9 Å². The molecule has 2 aromatic heterocycles. The Kier molecular flexibility index (Phi) is 5.74. The standard InChI is InChI=1S/C25H31N7O/c1-17-13-19(22-8-12-26-23(30-22)29-21-15-28-32(2)16-21)3-4-20(17)14-27-24(33)31-25-9-5-18(6-10-25)7-11-25/h3-4,8,12-13,15-16,18H,5-7,9-11,14H2,1-2H3,(H,26,29,30)(H2,27,31,33). The molecule has 0 radical (unpaired) electrons. The van der Waals surface area contributed by atoms with Gasteiger partial charge in [0.15, 0.2) is 0 Å². The molecule has 1 aromatic carbocycles. The van der Waals surface area contributed by atoms with Crippen LogP contribution < -0.4 is 16.0 Å². The van der Waals surface area contributed by atoms with Crippen molar-refractivity contribution in [3.8, 4) is 11.3 Å². The summed E-state index contributed by atoms with van der Waals surface area (Å²) in [4.78, 5) is 21.5. The van der Waals surface area contributed by atoms with Crippen molar-refractivity contribution in [1.29, 1.82) is 0 Å². The first-order valence-corrected chi connectivity index (χ1v) is 11.7. The average molecular weight is 446 g/mol. The van der Waals surface area contributed by atoms with Gasteiger partial charge in [0, 0.05) is 37.1 Å². The highest BCUT2D eigenvalue weighted by atomic mass is 16.2. The summed E-state index contributed by atoms with van der Waals surface area (Å²) < 4.78 is 1.72. The van der Waals surface area contributed by atoms with Gasteiger partial charge in [-0.05, 0) is 74.6 Å².